The molecule has 24 heavy (non-hydrogen) atoms. The van der Waals surface area contributed by atoms with Crippen LogP contribution in [0.2, 0.25) is 5.02 Å². The predicted molar refractivity (Wildman–Crippen MR) is 94.2 cm³/mol. The average Bonchev–Trinajstić information content (AvgIpc) is 3.01. The van der Waals surface area contributed by atoms with Crippen molar-refractivity contribution in [3.8, 4) is 11.4 Å². The highest BCUT2D eigenvalue weighted by Crippen LogP contribution is 2.21. The van der Waals surface area contributed by atoms with Crippen LogP contribution < -0.4 is 5.56 Å². The van der Waals surface area contributed by atoms with Gasteiger partial charge in [0.15, 0.2) is 5.65 Å². The first-order valence-corrected chi connectivity index (χ1v) is 7.82. The molecule has 118 valence electrons. The quantitative estimate of drug-likeness (QED) is 0.562. The molecule has 0 aliphatic carbocycles. The summed E-state index contributed by atoms with van der Waals surface area (Å²) in [6.07, 6.45) is 1.55. The summed E-state index contributed by atoms with van der Waals surface area (Å²) in [5.41, 5.74) is 1.82. The molecule has 0 saturated heterocycles. The van der Waals surface area contributed by atoms with Crippen molar-refractivity contribution in [2.24, 2.45) is 0 Å². The fourth-order valence-electron chi connectivity index (χ4n) is 2.75. The number of halogens is 1. The van der Waals surface area contributed by atoms with E-state index < -0.39 is 0 Å². The molecular weight excluding hydrogens is 324 g/mol. The second-order valence-electron chi connectivity index (χ2n) is 5.38. The van der Waals surface area contributed by atoms with Gasteiger partial charge in [0.25, 0.3) is 5.56 Å². The predicted octanol–water partition coefficient (Wildman–Crippen LogP) is 3.53. The van der Waals surface area contributed by atoms with Gasteiger partial charge in [-0.3, -0.25) is 9.36 Å². The lowest BCUT2D eigenvalue weighted by atomic mass is 10.3. The van der Waals surface area contributed by atoms with E-state index in [1.54, 1.807) is 29.9 Å². The maximum absolute atomic E-state index is 13.0. The van der Waals surface area contributed by atoms with E-state index in [4.69, 9.17) is 11.6 Å². The number of hydrogen-bond acceptors (Lipinski definition) is 3. The topological polar surface area (TPSA) is 52.7 Å². The van der Waals surface area contributed by atoms with Crippen LogP contribution in [0.15, 0.2) is 65.6 Å². The van der Waals surface area contributed by atoms with Crippen LogP contribution in [0.3, 0.4) is 0 Å². The molecule has 4 aromatic rings. The van der Waals surface area contributed by atoms with Crippen molar-refractivity contribution in [3.05, 3.63) is 82.0 Å². The lowest BCUT2D eigenvalue weighted by Crippen LogP contribution is -2.22. The lowest BCUT2D eigenvalue weighted by molar-refractivity contribution is 0.859. The maximum atomic E-state index is 13.0. The highest BCUT2D eigenvalue weighted by Gasteiger charge is 2.16. The van der Waals surface area contributed by atoms with Gasteiger partial charge in [-0.15, -0.1) is 0 Å². The molecule has 5 nitrogen and oxygen atoms in total. The number of nitrogens with zero attached hydrogens (tertiary/aromatic N) is 4. The Morgan fingerprint density at radius 2 is 1.71 bits per heavy atom. The summed E-state index contributed by atoms with van der Waals surface area (Å²) in [6.45, 7) is 1.78. The highest BCUT2D eigenvalue weighted by molar-refractivity contribution is 6.32. The number of rotatable bonds is 2. The number of benzene rings is 2. The number of fused-ring (bicyclic) bond motifs is 1. The monoisotopic (exact) mass is 336 g/mol. The first kappa shape index (κ1) is 14.7. The molecule has 2 aromatic carbocycles. The van der Waals surface area contributed by atoms with E-state index in [0.717, 1.165) is 5.69 Å². The molecule has 0 unspecified atom stereocenters. The second kappa shape index (κ2) is 5.62. The maximum Gasteiger partial charge on any atom is 0.269 e. The van der Waals surface area contributed by atoms with E-state index in [1.807, 2.05) is 42.5 Å². The largest absolute Gasteiger partial charge is 0.269 e. The SMILES string of the molecule is Cc1nc2c(cnn2-c2ccccc2)c(=O)n1-c1ccccc1Cl. The van der Waals surface area contributed by atoms with Gasteiger partial charge >= 0.3 is 0 Å². The van der Waals surface area contributed by atoms with Crippen LogP contribution in [0.5, 0.6) is 0 Å². The summed E-state index contributed by atoms with van der Waals surface area (Å²) in [7, 11) is 0. The molecule has 0 fully saturated rings. The summed E-state index contributed by atoms with van der Waals surface area (Å²) in [5.74, 6) is 0.554. The molecule has 0 N–H and O–H groups in total. The van der Waals surface area contributed by atoms with Crippen LogP contribution in [0.1, 0.15) is 5.82 Å². The first-order valence-electron chi connectivity index (χ1n) is 7.44. The Balaban J connectivity index is 2.02. The standard InChI is InChI=1S/C18H13ClN4O/c1-12-21-17-14(11-20-23(17)13-7-3-2-4-8-13)18(24)22(12)16-10-6-5-9-15(16)19/h2-11H,1H3. The van der Waals surface area contributed by atoms with Gasteiger partial charge in [-0.2, -0.15) is 5.10 Å². The van der Waals surface area contributed by atoms with E-state index in [1.165, 1.54) is 4.57 Å². The lowest BCUT2D eigenvalue weighted by Gasteiger charge is -2.11. The zero-order valence-corrected chi connectivity index (χ0v) is 13.6. The van der Waals surface area contributed by atoms with E-state index in [0.29, 0.717) is 27.6 Å². The van der Waals surface area contributed by atoms with Crippen molar-refractivity contribution < 1.29 is 0 Å². The summed E-state index contributed by atoms with van der Waals surface area (Å²) < 4.78 is 3.18. The molecule has 0 atom stereocenters. The zero-order chi connectivity index (χ0) is 16.7. The van der Waals surface area contributed by atoms with Gasteiger partial charge < -0.3 is 0 Å². The van der Waals surface area contributed by atoms with E-state index in [9.17, 15) is 4.79 Å². The third kappa shape index (κ3) is 2.21. The van der Waals surface area contributed by atoms with Crippen LogP contribution in [-0.4, -0.2) is 19.3 Å². The van der Waals surface area contributed by atoms with Gasteiger partial charge in [0.05, 0.1) is 22.6 Å². The number of aromatic nitrogens is 4. The summed E-state index contributed by atoms with van der Waals surface area (Å²) in [6, 6.07) is 16.8. The average molecular weight is 337 g/mol. The van der Waals surface area contributed by atoms with Gasteiger partial charge in [-0.1, -0.05) is 41.9 Å². The molecule has 2 heterocycles. The summed E-state index contributed by atoms with van der Waals surface area (Å²) in [5, 5.41) is 5.28. The number of hydrogen-bond donors (Lipinski definition) is 0. The Hall–Kier alpha value is -2.92. The Labute approximate surface area is 142 Å². The summed E-state index contributed by atoms with van der Waals surface area (Å²) in [4.78, 5) is 17.6. The molecule has 0 aliphatic rings. The molecule has 0 spiro atoms. The van der Waals surface area contributed by atoms with Gasteiger partial charge in [0.2, 0.25) is 0 Å². The van der Waals surface area contributed by atoms with Crippen LogP contribution in [0.25, 0.3) is 22.4 Å². The van der Waals surface area contributed by atoms with Crippen LogP contribution in [-0.2, 0) is 0 Å². The van der Waals surface area contributed by atoms with Crippen molar-refractivity contribution in [1.82, 2.24) is 19.3 Å². The van der Waals surface area contributed by atoms with Crippen molar-refractivity contribution in [2.75, 3.05) is 0 Å². The molecule has 0 saturated carbocycles. The molecular formula is C18H13ClN4O. The molecule has 0 bridgehead atoms. The molecule has 6 heteroatoms. The van der Waals surface area contributed by atoms with E-state index in [2.05, 4.69) is 10.1 Å². The van der Waals surface area contributed by atoms with E-state index >= 15 is 0 Å². The highest BCUT2D eigenvalue weighted by atomic mass is 35.5. The van der Waals surface area contributed by atoms with Gasteiger partial charge in [-0.05, 0) is 31.2 Å². The minimum atomic E-state index is -0.187. The molecule has 4 rings (SSSR count). The van der Waals surface area contributed by atoms with Crippen LogP contribution >= 0.6 is 11.6 Å². The van der Waals surface area contributed by atoms with E-state index in [-0.39, 0.29) is 5.56 Å². The number of aryl methyl sites for hydroxylation is 1. The van der Waals surface area contributed by atoms with Crippen molar-refractivity contribution in [1.29, 1.82) is 0 Å². The normalized spacial score (nSPS) is 11.1. The second-order valence-corrected chi connectivity index (χ2v) is 5.79. The Morgan fingerprint density at radius 1 is 1.00 bits per heavy atom. The Morgan fingerprint density at radius 3 is 2.46 bits per heavy atom. The summed E-state index contributed by atoms with van der Waals surface area (Å²) >= 11 is 6.25. The number of para-hydroxylation sites is 2. The fourth-order valence-corrected chi connectivity index (χ4v) is 2.97. The van der Waals surface area contributed by atoms with Crippen LogP contribution in [0.4, 0.5) is 0 Å². The van der Waals surface area contributed by atoms with Gasteiger partial charge in [0.1, 0.15) is 11.2 Å². The fraction of sp³-hybridized carbons (Fsp3) is 0.0556. The van der Waals surface area contributed by atoms with Gasteiger partial charge in [0, 0.05) is 0 Å². The molecule has 0 radical (unpaired) electrons. The van der Waals surface area contributed by atoms with Crippen molar-refractivity contribution in [2.45, 2.75) is 6.92 Å². The molecule has 0 amide bonds. The van der Waals surface area contributed by atoms with Crippen molar-refractivity contribution >= 4 is 22.6 Å². The smallest absolute Gasteiger partial charge is 0.268 e. The Kier molecular flexibility index (Phi) is 3.43. The Bertz CT molecular complexity index is 1100. The van der Waals surface area contributed by atoms with Crippen molar-refractivity contribution in [3.63, 3.8) is 0 Å². The third-order valence-corrected chi connectivity index (χ3v) is 4.18. The molecule has 0 aliphatic heterocycles. The molecule has 2 aromatic heterocycles. The third-order valence-electron chi connectivity index (χ3n) is 3.86. The van der Waals surface area contributed by atoms with Gasteiger partial charge in [-0.25, -0.2) is 9.67 Å². The van der Waals surface area contributed by atoms with Crippen LogP contribution in [0, 0.1) is 6.92 Å². The minimum Gasteiger partial charge on any atom is -0.268 e. The first-order chi connectivity index (χ1) is 11.7. The zero-order valence-electron chi connectivity index (χ0n) is 12.8. The minimum absolute atomic E-state index is 0.187.